The van der Waals surface area contributed by atoms with E-state index in [1.54, 1.807) is 0 Å². The summed E-state index contributed by atoms with van der Waals surface area (Å²) in [6, 6.07) is 13.7. The van der Waals surface area contributed by atoms with Crippen molar-refractivity contribution in [2.45, 2.75) is 33.6 Å². The molecule has 0 atom stereocenters. The fourth-order valence-electron chi connectivity index (χ4n) is 2.40. The molecule has 2 aromatic carbocycles. The van der Waals surface area contributed by atoms with Gasteiger partial charge in [-0.25, -0.2) is 0 Å². The van der Waals surface area contributed by atoms with E-state index in [2.05, 4.69) is 30.5 Å². The van der Waals surface area contributed by atoms with Crippen LogP contribution < -0.4 is 10.6 Å². The summed E-state index contributed by atoms with van der Waals surface area (Å²) in [7, 11) is 0. The second kappa shape index (κ2) is 7.38. The van der Waals surface area contributed by atoms with Crippen molar-refractivity contribution in [2.75, 3.05) is 5.32 Å². The summed E-state index contributed by atoms with van der Waals surface area (Å²) in [5, 5.41) is 6.07. The minimum absolute atomic E-state index is 0.206. The summed E-state index contributed by atoms with van der Waals surface area (Å²) < 4.78 is 0. The number of carbonyl (C=O) groups excluding carboxylic acids is 1. The number of carbonyl (C=O) groups is 1. The maximum Gasteiger partial charge on any atom is 0.257 e. The molecule has 0 aliphatic carbocycles. The number of hydrogen-bond donors (Lipinski definition) is 2. The van der Waals surface area contributed by atoms with Crippen LogP contribution in [0.1, 0.15) is 46.8 Å². The molecule has 0 heterocycles. The summed E-state index contributed by atoms with van der Waals surface area (Å²) >= 11 is 5.22. The standard InChI is InChI=1S/C19H22N2OS/c1-12(2)15-5-7-16(8-6-15)18(22)21-19(23)20-17-10-13(3)9-14(4)11-17/h5-12H,1-4H3,(H2,20,21,22,23). The first-order chi connectivity index (χ1) is 10.8. The summed E-state index contributed by atoms with van der Waals surface area (Å²) in [6.07, 6.45) is 0. The van der Waals surface area contributed by atoms with Gasteiger partial charge >= 0.3 is 0 Å². The van der Waals surface area contributed by atoms with E-state index in [1.165, 1.54) is 5.56 Å². The second-order valence-corrected chi connectivity index (χ2v) is 6.47. The van der Waals surface area contributed by atoms with Gasteiger partial charge in [-0.15, -0.1) is 0 Å². The van der Waals surface area contributed by atoms with Gasteiger partial charge in [0, 0.05) is 11.3 Å². The van der Waals surface area contributed by atoms with E-state index < -0.39 is 0 Å². The highest BCUT2D eigenvalue weighted by atomic mass is 32.1. The van der Waals surface area contributed by atoms with Gasteiger partial charge < -0.3 is 5.32 Å². The summed E-state index contributed by atoms with van der Waals surface area (Å²) in [5.41, 5.74) is 4.97. The largest absolute Gasteiger partial charge is 0.332 e. The molecule has 0 fully saturated rings. The predicted molar refractivity (Wildman–Crippen MR) is 100 cm³/mol. The van der Waals surface area contributed by atoms with Crippen molar-refractivity contribution >= 4 is 28.9 Å². The number of nitrogens with one attached hydrogen (secondary N) is 2. The molecule has 0 saturated heterocycles. The average molecular weight is 326 g/mol. The molecule has 120 valence electrons. The molecule has 2 N–H and O–H groups in total. The van der Waals surface area contributed by atoms with Crippen LogP contribution in [0.3, 0.4) is 0 Å². The Balaban J connectivity index is 2.00. The van der Waals surface area contributed by atoms with Crippen LogP contribution in [0.15, 0.2) is 42.5 Å². The molecule has 0 spiro atoms. The van der Waals surface area contributed by atoms with Crippen molar-refractivity contribution in [2.24, 2.45) is 0 Å². The highest BCUT2D eigenvalue weighted by Crippen LogP contribution is 2.15. The van der Waals surface area contributed by atoms with Gasteiger partial charge in [0.25, 0.3) is 5.91 Å². The molecule has 0 unspecified atom stereocenters. The Morgan fingerprint density at radius 3 is 2.09 bits per heavy atom. The van der Waals surface area contributed by atoms with E-state index in [4.69, 9.17) is 12.2 Å². The third-order valence-corrected chi connectivity index (χ3v) is 3.75. The molecule has 0 saturated carbocycles. The Labute approximate surface area is 143 Å². The van der Waals surface area contributed by atoms with Crippen molar-refractivity contribution in [3.8, 4) is 0 Å². The Hall–Kier alpha value is -2.20. The monoisotopic (exact) mass is 326 g/mol. The van der Waals surface area contributed by atoms with Crippen molar-refractivity contribution in [1.29, 1.82) is 0 Å². The topological polar surface area (TPSA) is 41.1 Å². The van der Waals surface area contributed by atoms with Crippen LogP contribution in [0.5, 0.6) is 0 Å². The highest BCUT2D eigenvalue weighted by molar-refractivity contribution is 7.80. The maximum atomic E-state index is 12.2. The third kappa shape index (κ3) is 4.89. The predicted octanol–water partition coefficient (Wildman–Crippen LogP) is 4.55. The van der Waals surface area contributed by atoms with Crippen LogP contribution in [-0.2, 0) is 0 Å². The molecule has 3 nitrogen and oxygen atoms in total. The van der Waals surface area contributed by atoms with E-state index in [0.29, 0.717) is 16.6 Å². The van der Waals surface area contributed by atoms with Gasteiger partial charge in [-0.3, -0.25) is 10.1 Å². The van der Waals surface area contributed by atoms with Gasteiger partial charge in [-0.1, -0.05) is 32.0 Å². The van der Waals surface area contributed by atoms with E-state index >= 15 is 0 Å². The molecular weight excluding hydrogens is 304 g/mol. The Bertz CT molecular complexity index is 700. The number of rotatable bonds is 3. The molecule has 2 rings (SSSR count). The number of aryl methyl sites for hydroxylation is 2. The lowest BCUT2D eigenvalue weighted by molar-refractivity contribution is 0.0977. The van der Waals surface area contributed by atoms with Crippen molar-refractivity contribution < 1.29 is 4.79 Å². The fourth-order valence-corrected chi connectivity index (χ4v) is 2.61. The lowest BCUT2D eigenvalue weighted by Gasteiger charge is -2.11. The SMILES string of the molecule is Cc1cc(C)cc(NC(=S)NC(=O)c2ccc(C(C)C)cc2)c1. The molecular formula is C19H22N2OS. The van der Waals surface area contributed by atoms with Crippen LogP contribution in [0.2, 0.25) is 0 Å². The van der Waals surface area contributed by atoms with Gasteiger partial charge in [0.2, 0.25) is 0 Å². The van der Waals surface area contributed by atoms with E-state index in [1.807, 2.05) is 50.2 Å². The first-order valence-electron chi connectivity index (χ1n) is 7.66. The Morgan fingerprint density at radius 1 is 1.00 bits per heavy atom. The van der Waals surface area contributed by atoms with E-state index in [0.717, 1.165) is 16.8 Å². The second-order valence-electron chi connectivity index (χ2n) is 6.06. The minimum Gasteiger partial charge on any atom is -0.332 e. The van der Waals surface area contributed by atoms with Crippen LogP contribution in [0, 0.1) is 13.8 Å². The molecule has 2 aromatic rings. The summed E-state index contributed by atoms with van der Waals surface area (Å²) in [5.74, 6) is 0.238. The van der Waals surface area contributed by atoms with Crippen LogP contribution in [0.4, 0.5) is 5.69 Å². The smallest absolute Gasteiger partial charge is 0.257 e. The molecule has 0 bridgehead atoms. The molecule has 23 heavy (non-hydrogen) atoms. The third-order valence-electron chi connectivity index (χ3n) is 3.55. The molecule has 0 aromatic heterocycles. The number of hydrogen-bond acceptors (Lipinski definition) is 2. The van der Waals surface area contributed by atoms with Crippen molar-refractivity contribution in [3.05, 3.63) is 64.7 Å². The lowest BCUT2D eigenvalue weighted by Crippen LogP contribution is -2.34. The maximum absolute atomic E-state index is 12.2. The van der Waals surface area contributed by atoms with Gasteiger partial charge in [0.15, 0.2) is 5.11 Å². The van der Waals surface area contributed by atoms with Crippen molar-refractivity contribution in [3.63, 3.8) is 0 Å². The summed E-state index contributed by atoms with van der Waals surface area (Å²) in [6.45, 7) is 8.29. The molecule has 0 aliphatic rings. The van der Waals surface area contributed by atoms with Gasteiger partial charge in [-0.05, 0) is 72.9 Å². The zero-order valence-corrected chi connectivity index (χ0v) is 14.8. The molecule has 1 amide bonds. The molecule has 0 radical (unpaired) electrons. The molecule has 4 heteroatoms. The van der Waals surface area contributed by atoms with Gasteiger partial charge in [0.05, 0.1) is 0 Å². The first-order valence-corrected chi connectivity index (χ1v) is 8.06. The van der Waals surface area contributed by atoms with Crippen LogP contribution in [0.25, 0.3) is 0 Å². The fraction of sp³-hybridized carbons (Fsp3) is 0.263. The quantitative estimate of drug-likeness (QED) is 0.813. The average Bonchev–Trinajstić information content (AvgIpc) is 2.45. The number of amides is 1. The Kier molecular flexibility index (Phi) is 5.50. The first kappa shape index (κ1) is 17.2. The number of benzene rings is 2. The highest BCUT2D eigenvalue weighted by Gasteiger charge is 2.09. The van der Waals surface area contributed by atoms with Crippen LogP contribution in [-0.4, -0.2) is 11.0 Å². The zero-order valence-electron chi connectivity index (χ0n) is 13.9. The number of thiocarbonyl (C=S) groups is 1. The number of anilines is 1. The summed E-state index contributed by atoms with van der Waals surface area (Å²) in [4.78, 5) is 12.2. The van der Waals surface area contributed by atoms with Gasteiger partial charge in [0.1, 0.15) is 0 Å². The zero-order chi connectivity index (χ0) is 17.0. The lowest BCUT2D eigenvalue weighted by atomic mass is 10.0. The van der Waals surface area contributed by atoms with Gasteiger partial charge in [-0.2, -0.15) is 0 Å². The van der Waals surface area contributed by atoms with Crippen molar-refractivity contribution in [1.82, 2.24) is 5.32 Å². The minimum atomic E-state index is -0.206. The Morgan fingerprint density at radius 2 is 1.57 bits per heavy atom. The normalized spacial score (nSPS) is 10.5. The van der Waals surface area contributed by atoms with Crippen LogP contribution >= 0.6 is 12.2 Å². The van der Waals surface area contributed by atoms with E-state index in [9.17, 15) is 4.79 Å². The molecule has 0 aliphatic heterocycles. The van der Waals surface area contributed by atoms with E-state index in [-0.39, 0.29) is 5.91 Å².